The Labute approximate surface area is 117 Å². The van der Waals surface area contributed by atoms with Gasteiger partial charge in [-0.2, -0.15) is 0 Å². The SMILES string of the molecule is CC(CCc1ccc(O)cc1)NS(=O)(=O)c1cnc[nH]1. The Kier molecular flexibility index (Phi) is 4.41. The van der Waals surface area contributed by atoms with Crippen LogP contribution in [0.3, 0.4) is 0 Å². The maximum atomic E-state index is 11.9. The topological polar surface area (TPSA) is 95.1 Å². The van der Waals surface area contributed by atoms with Crippen LogP contribution in [-0.4, -0.2) is 29.5 Å². The van der Waals surface area contributed by atoms with Gasteiger partial charge in [-0.3, -0.25) is 0 Å². The van der Waals surface area contributed by atoms with Crippen LogP contribution >= 0.6 is 0 Å². The molecule has 0 radical (unpaired) electrons. The number of aromatic hydroxyl groups is 1. The highest BCUT2D eigenvalue weighted by Crippen LogP contribution is 2.12. The number of hydrogen-bond donors (Lipinski definition) is 3. The third-order valence-corrected chi connectivity index (χ3v) is 4.44. The molecule has 7 heteroatoms. The van der Waals surface area contributed by atoms with E-state index in [-0.39, 0.29) is 16.8 Å². The first-order valence-electron chi connectivity index (χ1n) is 6.26. The Bertz CT molecular complexity index is 636. The minimum atomic E-state index is -3.54. The smallest absolute Gasteiger partial charge is 0.257 e. The van der Waals surface area contributed by atoms with Gasteiger partial charge < -0.3 is 10.1 Å². The molecule has 1 aromatic carbocycles. The van der Waals surface area contributed by atoms with E-state index < -0.39 is 10.0 Å². The van der Waals surface area contributed by atoms with E-state index >= 15 is 0 Å². The van der Waals surface area contributed by atoms with Crippen molar-refractivity contribution in [2.45, 2.75) is 30.8 Å². The lowest BCUT2D eigenvalue weighted by Crippen LogP contribution is -2.33. The van der Waals surface area contributed by atoms with Gasteiger partial charge in [-0.1, -0.05) is 12.1 Å². The van der Waals surface area contributed by atoms with E-state index in [0.29, 0.717) is 6.42 Å². The summed E-state index contributed by atoms with van der Waals surface area (Å²) in [4.78, 5) is 6.27. The number of phenols is 1. The van der Waals surface area contributed by atoms with Crippen molar-refractivity contribution in [1.82, 2.24) is 14.7 Å². The Morgan fingerprint density at radius 2 is 2.05 bits per heavy atom. The van der Waals surface area contributed by atoms with Crippen molar-refractivity contribution in [3.05, 3.63) is 42.4 Å². The molecule has 1 atom stereocenters. The molecular formula is C13H17N3O3S. The van der Waals surface area contributed by atoms with Crippen LogP contribution in [0.15, 0.2) is 41.8 Å². The van der Waals surface area contributed by atoms with Crippen LogP contribution in [0.25, 0.3) is 0 Å². The minimum absolute atomic E-state index is 0.0639. The molecule has 6 nitrogen and oxygen atoms in total. The summed E-state index contributed by atoms with van der Waals surface area (Å²) in [6, 6.07) is 6.69. The molecule has 1 heterocycles. The Balaban J connectivity index is 1.90. The number of imidazole rings is 1. The normalized spacial score (nSPS) is 13.2. The zero-order chi connectivity index (χ0) is 14.6. The van der Waals surface area contributed by atoms with E-state index in [1.807, 2.05) is 19.1 Å². The summed E-state index contributed by atoms with van der Waals surface area (Å²) in [7, 11) is -3.54. The lowest BCUT2D eigenvalue weighted by atomic mass is 10.1. The second-order valence-corrected chi connectivity index (χ2v) is 6.33. The van der Waals surface area contributed by atoms with E-state index in [1.54, 1.807) is 12.1 Å². The van der Waals surface area contributed by atoms with Crippen molar-refractivity contribution in [1.29, 1.82) is 0 Å². The number of H-pyrrole nitrogens is 1. The monoisotopic (exact) mass is 295 g/mol. The van der Waals surface area contributed by atoms with Gasteiger partial charge in [0.05, 0.1) is 12.5 Å². The van der Waals surface area contributed by atoms with Gasteiger partial charge in [-0.05, 0) is 37.5 Å². The zero-order valence-electron chi connectivity index (χ0n) is 11.1. The Morgan fingerprint density at radius 3 is 2.65 bits per heavy atom. The molecule has 0 aliphatic rings. The Hall–Kier alpha value is -1.86. The van der Waals surface area contributed by atoms with Gasteiger partial charge in [-0.25, -0.2) is 18.1 Å². The van der Waals surface area contributed by atoms with Gasteiger partial charge in [0.15, 0.2) is 5.03 Å². The number of phenolic OH excluding ortho intramolecular Hbond substituents is 1. The molecule has 108 valence electrons. The van der Waals surface area contributed by atoms with Crippen molar-refractivity contribution in [2.24, 2.45) is 0 Å². The molecule has 0 amide bonds. The van der Waals surface area contributed by atoms with Gasteiger partial charge in [0, 0.05) is 6.04 Å². The predicted molar refractivity (Wildman–Crippen MR) is 74.8 cm³/mol. The first-order valence-corrected chi connectivity index (χ1v) is 7.74. The molecule has 1 aromatic heterocycles. The van der Waals surface area contributed by atoms with Crippen molar-refractivity contribution < 1.29 is 13.5 Å². The molecule has 2 rings (SSSR count). The number of nitrogens with zero attached hydrogens (tertiary/aromatic N) is 1. The fourth-order valence-corrected chi connectivity index (χ4v) is 3.01. The lowest BCUT2D eigenvalue weighted by Gasteiger charge is -2.13. The standard InChI is InChI=1S/C13H17N3O3S/c1-10(2-3-11-4-6-12(17)7-5-11)16-20(18,19)13-8-14-9-15-13/h4-10,16-17H,2-3H2,1H3,(H,14,15). The highest BCUT2D eigenvalue weighted by atomic mass is 32.2. The number of rotatable bonds is 6. The van der Waals surface area contributed by atoms with Crippen LogP contribution in [0.2, 0.25) is 0 Å². The quantitative estimate of drug-likeness (QED) is 0.751. The maximum absolute atomic E-state index is 11.9. The summed E-state index contributed by atoms with van der Waals surface area (Å²) >= 11 is 0. The van der Waals surface area contributed by atoms with E-state index in [4.69, 9.17) is 0 Å². The second kappa shape index (κ2) is 6.06. The highest BCUT2D eigenvalue weighted by Gasteiger charge is 2.18. The van der Waals surface area contributed by atoms with Crippen LogP contribution in [-0.2, 0) is 16.4 Å². The summed E-state index contributed by atoms with van der Waals surface area (Å²) in [5, 5.41) is 9.26. The van der Waals surface area contributed by atoms with Crippen LogP contribution in [0.4, 0.5) is 0 Å². The van der Waals surface area contributed by atoms with E-state index in [9.17, 15) is 13.5 Å². The van der Waals surface area contributed by atoms with E-state index in [0.717, 1.165) is 12.0 Å². The molecule has 3 N–H and O–H groups in total. The largest absolute Gasteiger partial charge is 0.508 e. The summed E-state index contributed by atoms with van der Waals surface area (Å²) in [5.41, 5.74) is 1.05. The fraction of sp³-hybridized carbons (Fsp3) is 0.308. The van der Waals surface area contributed by atoms with Crippen molar-refractivity contribution >= 4 is 10.0 Å². The van der Waals surface area contributed by atoms with Crippen LogP contribution in [0.1, 0.15) is 18.9 Å². The van der Waals surface area contributed by atoms with Crippen LogP contribution < -0.4 is 4.72 Å². The third kappa shape index (κ3) is 3.82. The van der Waals surface area contributed by atoms with Gasteiger partial charge in [0.25, 0.3) is 10.0 Å². The summed E-state index contributed by atoms with van der Waals surface area (Å²) < 4.78 is 26.5. The number of aromatic nitrogens is 2. The van der Waals surface area contributed by atoms with Gasteiger partial charge in [-0.15, -0.1) is 0 Å². The molecule has 20 heavy (non-hydrogen) atoms. The molecule has 0 spiro atoms. The summed E-state index contributed by atoms with van der Waals surface area (Å²) in [6.07, 6.45) is 4.00. The molecule has 0 saturated carbocycles. The molecule has 0 bridgehead atoms. The molecule has 0 aliphatic carbocycles. The Morgan fingerprint density at radius 1 is 1.35 bits per heavy atom. The molecule has 0 fully saturated rings. The molecule has 0 aliphatic heterocycles. The molecule has 2 aromatic rings. The van der Waals surface area contributed by atoms with Crippen molar-refractivity contribution in [3.63, 3.8) is 0 Å². The van der Waals surface area contributed by atoms with Crippen molar-refractivity contribution in [3.8, 4) is 5.75 Å². The molecule has 1 unspecified atom stereocenters. The second-order valence-electron chi connectivity index (χ2n) is 4.64. The van der Waals surface area contributed by atoms with Crippen LogP contribution in [0, 0.1) is 0 Å². The number of hydrogen-bond acceptors (Lipinski definition) is 4. The van der Waals surface area contributed by atoms with Crippen LogP contribution in [0.5, 0.6) is 5.75 Å². The number of sulfonamides is 1. The average Bonchev–Trinajstić information content (AvgIpc) is 2.92. The number of aryl methyl sites for hydroxylation is 1. The van der Waals surface area contributed by atoms with Gasteiger partial charge in [0.1, 0.15) is 5.75 Å². The van der Waals surface area contributed by atoms with Gasteiger partial charge in [0.2, 0.25) is 0 Å². The number of nitrogens with one attached hydrogen (secondary N) is 2. The van der Waals surface area contributed by atoms with E-state index in [1.165, 1.54) is 12.5 Å². The molecule has 0 saturated heterocycles. The maximum Gasteiger partial charge on any atom is 0.257 e. The predicted octanol–water partition coefficient (Wildman–Crippen LogP) is 1.41. The van der Waals surface area contributed by atoms with E-state index in [2.05, 4.69) is 14.7 Å². The van der Waals surface area contributed by atoms with Crippen molar-refractivity contribution in [2.75, 3.05) is 0 Å². The zero-order valence-corrected chi connectivity index (χ0v) is 11.9. The highest BCUT2D eigenvalue weighted by molar-refractivity contribution is 7.89. The number of benzene rings is 1. The fourth-order valence-electron chi connectivity index (χ4n) is 1.82. The summed E-state index contributed by atoms with van der Waals surface area (Å²) in [6.45, 7) is 1.81. The third-order valence-electron chi connectivity index (χ3n) is 2.92. The first-order chi connectivity index (χ1) is 9.47. The number of aromatic amines is 1. The average molecular weight is 295 g/mol. The molecular weight excluding hydrogens is 278 g/mol. The first kappa shape index (κ1) is 14.5. The van der Waals surface area contributed by atoms with Gasteiger partial charge >= 0.3 is 0 Å². The summed E-state index contributed by atoms with van der Waals surface area (Å²) in [5.74, 6) is 0.224. The lowest BCUT2D eigenvalue weighted by molar-refractivity contribution is 0.475. The minimum Gasteiger partial charge on any atom is -0.508 e.